The maximum absolute atomic E-state index is 5.94. The summed E-state index contributed by atoms with van der Waals surface area (Å²) in [5, 5.41) is 0. The van der Waals surface area contributed by atoms with Crippen LogP contribution in [0.4, 0.5) is 0 Å². The third kappa shape index (κ3) is 2.80. The fourth-order valence-electron chi connectivity index (χ4n) is 2.82. The van der Waals surface area contributed by atoms with Crippen molar-refractivity contribution < 1.29 is 9.47 Å². The Labute approximate surface area is 136 Å². The summed E-state index contributed by atoms with van der Waals surface area (Å²) in [5.74, 6) is 2.55. The predicted molar refractivity (Wildman–Crippen MR) is 93.3 cm³/mol. The molecule has 2 aromatic carbocycles. The van der Waals surface area contributed by atoms with E-state index >= 15 is 0 Å². The van der Waals surface area contributed by atoms with Crippen molar-refractivity contribution in [3.8, 4) is 22.6 Å². The van der Waals surface area contributed by atoms with Gasteiger partial charge in [0.2, 0.25) is 0 Å². The van der Waals surface area contributed by atoms with E-state index in [2.05, 4.69) is 17.6 Å². The summed E-state index contributed by atoms with van der Waals surface area (Å²) in [6.07, 6.45) is 1.79. The van der Waals surface area contributed by atoms with Crippen LogP contribution in [0.2, 0.25) is 0 Å². The van der Waals surface area contributed by atoms with Crippen LogP contribution < -0.4 is 9.47 Å². The van der Waals surface area contributed by atoms with E-state index in [1.165, 1.54) is 0 Å². The van der Waals surface area contributed by atoms with Crippen LogP contribution in [-0.4, -0.2) is 38.0 Å². The molecule has 1 aliphatic heterocycles. The van der Waals surface area contributed by atoms with Crippen LogP contribution in [0, 0.1) is 0 Å². The lowest BCUT2D eigenvalue weighted by atomic mass is 10.0. The predicted octanol–water partition coefficient (Wildman–Crippen LogP) is 3.58. The highest BCUT2D eigenvalue weighted by Gasteiger charge is 2.20. The third-order valence-corrected chi connectivity index (χ3v) is 3.93. The quantitative estimate of drug-likeness (QED) is 0.869. The largest absolute Gasteiger partial charge is 0.496 e. The first-order valence-electron chi connectivity index (χ1n) is 7.55. The van der Waals surface area contributed by atoms with Gasteiger partial charge >= 0.3 is 0 Å². The van der Waals surface area contributed by atoms with Crippen molar-refractivity contribution in [2.75, 3.05) is 27.3 Å². The molecule has 0 saturated carbocycles. The Morgan fingerprint density at radius 2 is 2.04 bits per heavy atom. The molecule has 0 aromatic heterocycles. The monoisotopic (exact) mass is 308 g/mol. The molecule has 0 radical (unpaired) electrons. The van der Waals surface area contributed by atoms with Crippen molar-refractivity contribution in [1.29, 1.82) is 0 Å². The second-order valence-corrected chi connectivity index (χ2v) is 5.18. The summed E-state index contributed by atoms with van der Waals surface area (Å²) < 4.78 is 11.4. The summed E-state index contributed by atoms with van der Waals surface area (Å²) in [4.78, 5) is 6.41. The minimum absolute atomic E-state index is 0.591. The second-order valence-electron chi connectivity index (χ2n) is 5.18. The summed E-state index contributed by atoms with van der Waals surface area (Å²) in [5.41, 5.74) is 3.08. The van der Waals surface area contributed by atoms with Gasteiger partial charge in [0, 0.05) is 12.6 Å². The van der Waals surface area contributed by atoms with Gasteiger partial charge in [0.15, 0.2) is 0 Å². The smallest absolute Gasteiger partial charge is 0.138 e. The Balaban J connectivity index is 2.09. The highest BCUT2D eigenvalue weighted by Crippen LogP contribution is 2.34. The molecule has 0 bridgehead atoms. The molecule has 1 heterocycles. The highest BCUT2D eigenvalue weighted by molar-refractivity contribution is 6.02. The first-order chi connectivity index (χ1) is 11.3. The molecule has 4 heteroatoms. The van der Waals surface area contributed by atoms with Gasteiger partial charge in [-0.1, -0.05) is 30.8 Å². The summed E-state index contributed by atoms with van der Waals surface area (Å²) >= 11 is 0. The molecule has 118 valence electrons. The van der Waals surface area contributed by atoms with E-state index in [4.69, 9.17) is 9.47 Å². The van der Waals surface area contributed by atoms with E-state index in [1.54, 1.807) is 20.4 Å². The number of para-hydroxylation sites is 1. The van der Waals surface area contributed by atoms with Gasteiger partial charge in [0.05, 0.1) is 19.2 Å². The van der Waals surface area contributed by atoms with Crippen molar-refractivity contribution >= 4 is 5.84 Å². The van der Waals surface area contributed by atoms with Crippen molar-refractivity contribution in [3.63, 3.8) is 0 Å². The van der Waals surface area contributed by atoms with Crippen molar-refractivity contribution in [2.24, 2.45) is 4.99 Å². The average molecular weight is 308 g/mol. The second kappa shape index (κ2) is 6.57. The zero-order valence-corrected chi connectivity index (χ0v) is 13.5. The minimum Gasteiger partial charge on any atom is -0.496 e. The van der Waals surface area contributed by atoms with E-state index in [9.17, 15) is 0 Å². The molecule has 0 fully saturated rings. The van der Waals surface area contributed by atoms with E-state index in [-0.39, 0.29) is 0 Å². The van der Waals surface area contributed by atoms with Gasteiger partial charge in [-0.05, 0) is 30.0 Å². The van der Waals surface area contributed by atoms with Crippen LogP contribution in [0.3, 0.4) is 0 Å². The Morgan fingerprint density at radius 3 is 2.78 bits per heavy atom. The van der Waals surface area contributed by atoms with Crippen LogP contribution in [-0.2, 0) is 0 Å². The number of ether oxygens (including phenoxy) is 2. The summed E-state index contributed by atoms with van der Waals surface area (Å²) in [6, 6.07) is 14.1. The van der Waals surface area contributed by atoms with E-state index in [0.29, 0.717) is 6.61 Å². The third-order valence-electron chi connectivity index (χ3n) is 3.93. The van der Waals surface area contributed by atoms with Crippen LogP contribution >= 0.6 is 0 Å². The molecule has 0 N–H and O–H groups in total. The first kappa shape index (κ1) is 15.2. The van der Waals surface area contributed by atoms with E-state index < -0.39 is 0 Å². The molecule has 23 heavy (non-hydrogen) atoms. The topological polar surface area (TPSA) is 34.1 Å². The molecule has 0 spiro atoms. The zero-order chi connectivity index (χ0) is 16.2. The number of rotatable bonds is 3. The number of aliphatic imine (C=N–C) groups is 1. The molecule has 4 nitrogen and oxygen atoms in total. The Hall–Kier alpha value is -2.75. The van der Waals surface area contributed by atoms with Crippen LogP contribution in [0.5, 0.6) is 11.5 Å². The van der Waals surface area contributed by atoms with Gasteiger partial charge in [-0.2, -0.15) is 0 Å². The molecule has 0 atom stereocenters. The molecular weight excluding hydrogens is 288 g/mol. The van der Waals surface area contributed by atoms with Gasteiger partial charge < -0.3 is 14.4 Å². The van der Waals surface area contributed by atoms with Gasteiger partial charge in [-0.25, -0.2) is 0 Å². The maximum Gasteiger partial charge on any atom is 0.138 e. The van der Waals surface area contributed by atoms with Crippen molar-refractivity contribution in [3.05, 3.63) is 60.8 Å². The Kier molecular flexibility index (Phi) is 4.33. The average Bonchev–Trinajstić information content (AvgIpc) is 2.79. The molecule has 0 unspecified atom stereocenters. The first-order valence-corrected chi connectivity index (χ1v) is 7.55. The lowest BCUT2D eigenvalue weighted by Gasteiger charge is -2.18. The Bertz CT molecular complexity index is 753. The fourth-order valence-corrected chi connectivity index (χ4v) is 2.82. The molecule has 3 rings (SSSR count). The van der Waals surface area contributed by atoms with Gasteiger partial charge in [0.1, 0.15) is 23.9 Å². The van der Waals surface area contributed by atoms with Crippen LogP contribution in [0.15, 0.2) is 60.2 Å². The molecule has 2 aromatic rings. The molecule has 1 aliphatic rings. The van der Waals surface area contributed by atoms with E-state index in [0.717, 1.165) is 40.6 Å². The number of nitrogens with zero attached hydrogens (tertiary/aromatic N) is 2. The van der Waals surface area contributed by atoms with Crippen molar-refractivity contribution in [2.45, 2.75) is 0 Å². The van der Waals surface area contributed by atoms with Crippen LogP contribution in [0.25, 0.3) is 11.1 Å². The SMILES string of the molecule is C=CN1CCOc2cc(-c3ccccc3OC)ccc2C1=NC. The van der Waals surface area contributed by atoms with E-state index in [1.807, 2.05) is 41.3 Å². The number of methoxy groups -OCH3 is 1. The molecule has 0 aliphatic carbocycles. The Morgan fingerprint density at radius 1 is 1.22 bits per heavy atom. The van der Waals surface area contributed by atoms with Gasteiger partial charge in [0.25, 0.3) is 0 Å². The lowest BCUT2D eigenvalue weighted by Crippen LogP contribution is -2.27. The molecule has 0 saturated heterocycles. The number of hydrogen-bond acceptors (Lipinski definition) is 3. The van der Waals surface area contributed by atoms with Gasteiger partial charge in [-0.3, -0.25) is 4.99 Å². The maximum atomic E-state index is 5.94. The van der Waals surface area contributed by atoms with Gasteiger partial charge in [-0.15, -0.1) is 0 Å². The molecule has 0 amide bonds. The number of amidine groups is 1. The number of benzene rings is 2. The summed E-state index contributed by atoms with van der Waals surface area (Å²) in [7, 11) is 3.47. The summed E-state index contributed by atoms with van der Waals surface area (Å²) in [6.45, 7) is 5.18. The number of hydrogen-bond donors (Lipinski definition) is 0. The van der Waals surface area contributed by atoms with Crippen molar-refractivity contribution in [1.82, 2.24) is 4.90 Å². The molecular formula is C19H20N2O2. The standard InChI is InChI=1S/C19H20N2O2/c1-4-21-11-12-23-18-13-14(9-10-16(18)19(21)20-2)15-7-5-6-8-17(15)22-3/h4-10,13H,1,11-12H2,2-3H3. The highest BCUT2D eigenvalue weighted by atomic mass is 16.5. The normalized spacial score (nSPS) is 15.6. The number of fused-ring (bicyclic) bond motifs is 1. The van der Waals surface area contributed by atoms with Crippen LogP contribution in [0.1, 0.15) is 5.56 Å². The lowest BCUT2D eigenvalue weighted by molar-refractivity contribution is 0.302. The fraction of sp³-hybridized carbons (Fsp3) is 0.211. The minimum atomic E-state index is 0.591. The zero-order valence-electron chi connectivity index (χ0n) is 13.5.